The lowest BCUT2D eigenvalue weighted by Crippen LogP contribution is -2.44. The summed E-state index contributed by atoms with van der Waals surface area (Å²) in [5.74, 6) is 2.11. The fourth-order valence-corrected chi connectivity index (χ4v) is 3.90. The Bertz CT molecular complexity index is 1170. The molecule has 0 atom stereocenters. The summed E-state index contributed by atoms with van der Waals surface area (Å²) in [7, 11) is 2.18. The average molecular weight is 405 g/mol. The van der Waals surface area contributed by atoms with Crippen LogP contribution in [-0.4, -0.2) is 64.9 Å². The average Bonchev–Trinajstić information content (AvgIpc) is 3.35. The third-order valence-electron chi connectivity index (χ3n) is 5.68. The molecule has 0 saturated carbocycles. The van der Waals surface area contributed by atoms with Crippen LogP contribution in [0, 0.1) is 5.92 Å². The van der Waals surface area contributed by atoms with Gasteiger partial charge in [0, 0.05) is 37.3 Å². The van der Waals surface area contributed by atoms with Gasteiger partial charge in [-0.1, -0.05) is 13.8 Å². The van der Waals surface area contributed by atoms with E-state index in [4.69, 9.17) is 9.72 Å². The largest absolute Gasteiger partial charge is 0.493 e. The summed E-state index contributed by atoms with van der Waals surface area (Å²) < 4.78 is 5.90. The summed E-state index contributed by atoms with van der Waals surface area (Å²) >= 11 is 0. The van der Waals surface area contributed by atoms with E-state index in [0.29, 0.717) is 12.5 Å². The molecule has 1 aliphatic heterocycles. The number of benzene rings is 2. The number of nitrogens with zero attached hydrogens (tertiary/aromatic N) is 4. The molecule has 0 unspecified atom stereocenters. The molecule has 1 fully saturated rings. The standard InChI is InChI=1S/C23H28N6O/c1-15(2)14-30-17-5-7-19-18(13-17)22(27-26-19)23-24-20-6-4-16(12-21(20)25-23)29-10-8-28(3)9-11-29/h4-7,12-13,15H,8-11,14H2,1-3H3,(H,24,25)(H,26,27). The molecule has 2 aromatic carbocycles. The van der Waals surface area contributed by atoms with Crippen molar-refractivity contribution >= 4 is 27.6 Å². The molecule has 1 aliphatic rings. The second-order valence-electron chi connectivity index (χ2n) is 8.56. The molecule has 4 aromatic rings. The molecule has 3 heterocycles. The minimum atomic E-state index is 0.481. The fraction of sp³-hybridized carbons (Fsp3) is 0.391. The van der Waals surface area contributed by atoms with Gasteiger partial charge in [0.25, 0.3) is 0 Å². The van der Waals surface area contributed by atoms with E-state index in [1.807, 2.05) is 18.2 Å². The smallest absolute Gasteiger partial charge is 0.159 e. The molecule has 0 radical (unpaired) electrons. The van der Waals surface area contributed by atoms with E-state index < -0.39 is 0 Å². The number of imidazole rings is 1. The molecule has 30 heavy (non-hydrogen) atoms. The van der Waals surface area contributed by atoms with Crippen molar-refractivity contribution < 1.29 is 4.74 Å². The Kier molecular flexibility index (Phi) is 4.83. The van der Waals surface area contributed by atoms with E-state index in [2.05, 4.69) is 64.1 Å². The maximum atomic E-state index is 5.90. The molecule has 0 aliphatic carbocycles. The first-order chi connectivity index (χ1) is 14.6. The van der Waals surface area contributed by atoms with Crippen LogP contribution < -0.4 is 9.64 Å². The number of nitrogens with one attached hydrogen (secondary N) is 2. The van der Waals surface area contributed by atoms with Crippen LogP contribution in [-0.2, 0) is 0 Å². The Morgan fingerprint density at radius 2 is 1.87 bits per heavy atom. The molecule has 0 bridgehead atoms. The van der Waals surface area contributed by atoms with Crippen molar-refractivity contribution in [3.8, 4) is 17.3 Å². The molecule has 0 amide bonds. The molecule has 7 nitrogen and oxygen atoms in total. The van der Waals surface area contributed by atoms with Gasteiger partial charge in [-0.15, -0.1) is 0 Å². The van der Waals surface area contributed by atoms with Crippen molar-refractivity contribution in [3.63, 3.8) is 0 Å². The normalized spacial score (nSPS) is 15.5. The van der Waals surface area contributed by atoms with Gasteiger partial charge in [0.2, 0.25) is 0 Å². The summed E-state index contributed by atoms with van der Waals surface area (Å²) in [6.45, 7) is 9.26. The summed E-state index contributed by atoms with van der Waals surface area (Å²) in [5, 5.41) is 8.65. The molecule has 0 spiro atoms. The van der Waals surface area contributed by atoms with Crippen LogP contribution in [0.15, 0.2) is 36.4 Å². The highest BCUT2D eigenvalue weighted by molar-refractivity contribution is 5.94. The number of hydrogen-bond donors (Lipinski definition) is 2. The minimum absolute atomic E-state index is 0.481. The van der Waals surface area contributed by atoms with Gasteiger partial charge in [-0.3, -0.25) is 5.10 Å². The van der Waals surface area contributed by atoms with Crippen molar-refractivity contribution in [2.45, 2.75) is 13.8 Å². The van der Waals surface area contributed by atoms with Crippen LogP contribution in [0.2, 0.25) is 0 Å². The SMILES string of the molecule is CC(C)COc1ccc2[nH]nc(-c3nc4ccc(N5CCN(C)CC5)cc4[nH]3)c2c1. The lowest BCUT2D eigenvalue weighted by atomic mass is 10.2. The van der Waals surface area contributed by atoms with Gasteiger partial charge >= 0.3 is 0 Å². The zero-order valence-electron chi connectivity index (χ0n) is 17.8. The van der Waals surface area contributed by atoms with Gasteiger partial charge in [-0.2, -0.15) is 5.10 Å². The van der Waals surface area contributed by atoms with Crippen molar-refractivity contribution in [2.24, 2.45) is 5.92 Å². The van der Waals surface area contributed by atoms with E-state index >= 15 is 0 Å². The predicted octanol–water partition coefficient (Wildman–Crippen LogP) is 3.89. The first-order valence-electron chi connectivity index (χ1n) is 10.6. The van der Waals surface area contributed by atoms with Gasteiger partial charge in [-0.25, -0.2) is 4.98 Å². The Morgan fingerprint density at radius 1 is 1.03 bits per heavy atom. The molecule has 2 aromatic heterocycles. The van der Waals surface area contributed by atoms with Gasteiger partial charge < -0.3 is 19.5 Å². The Balaban J connectivity index is 1.47. The van der Waals surface area contributed by atoms with Gasteiger partial charge in [0.15, 0.2) is 5.82 Å². The fourth-order valence-electron chi connectivity index (χ4n) is 3.90. The van der Waals surface area contributed by atoms with Crippen LogP contribution in [0.25, 0.3) is 33.5 Å². The van der Waals surface area contributed by atoms with E-state index in [0.717, 1.165) is 65.4 Å². The van der Waals surface area contributed by atoms with E-state index in [-0.39, 0.29) is 0 Å². The Labute approximate surface area is 176 Å². The molecule has 7 heteroatoms. The summed E-state index contributed by atoms with van der Waals surface area (Å²) in [5.41, 5.74) is 5.01. The lowest BCUT2D eigenvalue weighted by Gasteiger charge is -2.34. The predicted molar refractivity (Wildman–Crippen MR) is 121 cm³/mol. The van der Waals surface area contributed by atoms with Crippen molar-refractivity contribution in [1.29, 1.82) is 0 Å². The van der Waals surface area contributed by atoms with Crippen molar-refractivity contribution in [3.05, 3.63) is 36.4 Å². The second-order valence-corrected chi connectivity index (χ2v) is 8.56. The summed E-state index contributed by atoms with van der Waals surface area (Å²) in [4.78, 5) is 13.1. The monoisotopic (exact) mass is 404 g/mol. The van der Waals surface area contributed by atoms with Crippen LogP contribution in [0.5, 0.6) is 5.75 Å². The van der Waals surface area contributed by atoms with Crippen LogP contribution >= 0.6 is 0 Å². The number of aromatic amines is 2. The number of likely N-dealkylation sites (N-methyl/N-ethyl adjacent to an activating group) is 1. The zero-order chi connectivity index (χ0) is 20.7. The van der Waals surface area contributed by atoms with Crippen molar-refractivity contribution in [2.75, 3.05) is 44.7 Å². The third-order valence-corrected chi connectivity index (χ3v) is 5.68. The first kappa shape index (κ1) is 18.9. The maximum Gasteiger partial charge on any atom is 0.159 e. The van der Waals surface area contributed by atoms with E-state index in [9.17, 15) is 0 Å². The highest BCUT2D eigenvalue weighted by atomic mass is 16.5. The molecule has 156 valence electrons. The van der Waals surface area contributed by atoms with Crippen LogP contribution in [0.4, 0.5) is 5.69 Å². The van der Waals surface area contributed by atoms with Crippen LogP contribution in [0.3, 0.4) is 0 Å². The topological polar surface area (TPSA) is 73.1 Å². The summed E-state index contributed by atoms with van der Waals surface area (Å²) in [6, 6.07) is 12.5. The zero-order valence-corrected chi connectivity index (χ0v) is 17.8. The minimum Gasteiger partial charge on any atom is -0.493 e. The number of piperazine rings is 1. The number of anilines is 1. The summed E-state index contributed by atoms with van der Waals surface area (Å²) in [6.07, 6.45) is 0. The van der Waals surface area contributed by atoms with E-state index in [1.54, 1.807) is 0 Å². The Hall–Kier alpha value is -3.06. The van der Waals surface area contributed by atoms with Gasteiger partial charge in [0.05, 0.1) is 23.2 Å². The number of rotatable bonds is 5. The molecule has 5 rings (SSSR count). The number of fused-ring (bicyclic) bond motifs is 2. The van der Waals surface area contributed by atoms with Crippen molar-refractivity contribution in [1.82, 2.24) is 25.1 Å². The maximum absolute atomic E-state index is 5.90. The Morgan fingerprint density at radius 3 is 2.67 bits per heavy atom. The quantitative estimate of drug-likeness (QED) is 0.528. The van der Waals surface area contributed by atoms with Crippen LogP contribution in [0.1, 0.15) is 13.8 Å². The third kappa shape index (κ3) is 3.61. The second kappa shape index (κ2) is 7.65. The first-order valence-corrected chi connectivity index (χ1v) is 10.6. The molecule has 1 saturated heterocycles. The van der Waals surface area contributed by atoms with E-state index in [1.165, 1.54) is 5.69 Å². The number of H-pyrrole nitrogens is 2. The number of ether oxygens (including phenoxy) is 1. The van der Waals surface area contributed by atoms with Gasteiger partial charge in [-0.05, 0) is 49.4 Å². The highest BCUT2D eigenvalue weighted by Gasteiger charge is 2.17. The number of hydrogen-bond acceptors (Lipinski definition) is 5. The highest BCUT2D eigenvalue weighted by Crippen LogP contribution is 2.30. The number of aromatic nitrogens is 4. The molecular formula is C23H28N6O. The lowest BCUT2D eigenvalue weighted by molar-refractivity contribution is 0.271. The van der Waals surface area contributed by atoms with Gasteiger partial charge in [0.1, 0.15) is 11.4 Å². The molecular weight excluding hydrogens is 376 g/mol. The molecule has 2 N–H and O–H groups in total.